The fourth-order valence-corrected chi connectivity index (χ4v) is 1.86. The molecule has 1 N–H and O–H groups in total. The van der Waals surface area contributed by atoms with Crippen LogP contribution in [0.1, 0.15) is 23.8 Å². The molecule has 94 valence electrons. The molecule has 4 nitrogen and oxygen atoms in total. The largest absolute Gasteiger partial charge is 0.381 e. The third-order valence-corrected chi connectivity index (χ3v) is 2.97. The molecular formula is C14H16N2O2. The van der Waals surface area contributed by atoms with Crippen LogP contribution < -0.4 is 0 Å². The summed E-state index contributed by atoms with van der Waals surface area (Å²) in [6.07, 6.45) is 1.59. The topological polar surface area (TPSA) is 55.1 Å². The van der Waals surface area contributed by atoms with E-state index in [4.69, 9.17) is 0 Å². The van der Waals surface area contributed by atoms with Crippen molar-refractivity contribution in [2.75, 3.05) is 0 Å². The Bertz CT molecular complexity index is 520. The van der Waals surface area contributed by atoms with Crippen LogP contribution in [0.3, 0.4) is 0 Å². The number of carbonyl (C=O) groups is 1. The van der Waals surface area contributed by atoms with Gasteiger partial charge in [0.05, 0.1) is 0 Å². The highest BCUT2D eigenvalue weighted by Crippen LogP contribution is 2.16. The lowest BCUT2D eigenvalue weighted by molar-refractivity contribution is -0.127. The zero-order chi connectivity index (χ0) is 13.0. The van der Waals surface area contributed by atoms with Crippen molar-refractivity contribution in [3.63, 3.8) is 0 Å². The summed E-state index contributed by atoms with van der Waals surface area (Å²) in [5.41, 5.74) is 1.64. The third-order valence-electron chi connectivity index (χ3n) is 2.97. The molecule has 0 amide bonds. The van der Waals surface area contributed by atoms with Crippen LogP contribution >= 0.6 is 0 Å². The molecule has 2 aromatic rings. The Morgan fingerprint density at radius 1 is 1.33 bits per heavy atom. The van der Waals surface area contributed by atoms with E-state index in [0.29, 0.717) is 18.4 Å². The molecule has 0 bridgehead atoms. The molecule has 0 spiro atoms. The highest BCUT2D eigenvalue weighted by atomic mass is 16.3. The van der Waals surface area contributed by atoms with Gasteiger partial charge in [0.2, 0.25) is 0 Å². The van der Waals surface area contributed by atoms with Crippen LogP contribution in [0.25, 0.3) is 0 Å². The second kappa shape index (κ2) is 5.60. The van der Waals surface area contributed by atoms with Gasteiger partial charge in [-0.1, -0.05) is 30.3 Å². The van der Waals surface area contributed by atoms with Crippen molar-refractivity contribution in [2.45, 2.75) is 18.9 Å². The van der Waals surface area contributed by atoms with Gasteiger partial charge >= 0.3 is 0 Å². The van der Waals surface area contributed by atoms with E-state index < -0.39 is 6.10 Å². The van der Waals surface area contributed by atoms with E-state index in [1.165, 1.54) is 0 Å². The van der Waals surface area contributed by atoms with Gasteiger partial charge in [-0.2, -0.15) is 5.10 Å². The van der Waals surface area contributed by atoms with Crippen molar-refractivity contribution < 1.29 is 9.90 Å². The average Bonchev–Trinajstić information content (AvgIpc) is 2.81. The number of aliphatic hydroxyl groups is 1. The number of Topliss-reactive ketones (excluding diaryl/α,β-unsaturated/α-hetero) is 1. The number of carbonyl (C=O) groups excluding carboxylic acids is 1. The molecule has 1 heterocycles. The summed E-state index contributed by atoms with van der Waals surface area (Å²) in [6.45, 7) is 0. The van der Waals surface area contributed by atoms with Gasteiger partial charge < -0.3 is 5.11 Å². The first kappa shape index (κ1) is 12.5. The van der Waals surface area contributed by atoms with Crippen molar-refractivity contribution in [3.05, 3.63) is 53.9 Å². The molecule has 1 atom stereocenters. The van der Waals surface area contributed by atoms with E-state index in [9.17, 15) is 9.90 Å². The Morgan fingerprint density at radius 3 is 2.67 bits per heavy atom. The van der Waals surface area contributed by atoms with Gasteiger partial charge in [0.1, 0.15) is 6.10 Å². The van der Waals surface area contributed by atoms with Crippen LogP contribution in [-0.2, 0) is 18.3 Å². The van der Waals surface area contributed by atoms with Crippen molar-refractivity contribution in [3.8, 4) is 0 Å². The third kappa shape index (κ3) is 2.84. The molecule has 4 heteroatoms. The Balaban J connectivity index is 1.95. The number of aromatic nitrogens is 2. The first-order valence-corrected chi connectivity index (χ1v) is 5.91. The lowest BCUT2D eigenvalue weighted by atomic mass is 10.0. The van der Waals surface area contributed by atoms with Crippen molar-refractivity contribution in [2.24, 2.45) is 7.05 Å². The number of rotatable bonds is 5. The quantitative estimate of drug-likeness (QED) is 0.870. The second-order valence-corrected chi connectivity index (χ2v) is 4.23. The Morgan fingerprint density at radius 2 is 2.06 bits per heavy atom. The summed E-state index contributed by atoms with van der Waals surface area (Å²) in [6, 6.07) is 10.9. The molecule has 0 saturated carbocycles. The van der Waals surface area contributed by atoms with E-state index in [-0.39, 0.29) is 5.78 Å². The van der Waals surface area contributed by atoms with Gasteiger partial charge in [-0.15, -0.1) is 0 Å². The van der Waals surface area contributed by atoms with Gasteiger partial charge in [0, 0.05) is 25.4 Å². The highest BCUT2D eigenvalue weighted by molar-refractivity contribution is 5.84. The number of hydrogen-bond donors (Lipinski definition) is 1. The fraction of sp³-hybridized carbons (Fsp3) is 0.286. The summed E-state index contributed by atoms with van der Waals surface area (Å²) in [4.78, 5) is 11.9. The van der Waals surface area contributed by atoms with E-state index in [1.54, 1.807) is 23.0 Å². The van der Waals surface area contributed by atoms with Gasteiger partial charge in [0.25, 0.3) is 0 Å². The molecule has 0 saturated heterocycles. The predicted molar refractivity (Wildman–Crippen MR) is 67.9 cm³/mol. The maximum absolute atomic E-state index is 11.9. The van der Waals surface area contributed by atoms with Crippen molar-refractivity contribution in [1.29, 1.82) is 0 Å². The minimum absolute atomic E-state index is 0.164. The second-order valence-electron chi connectivity index (χ2n) is 4.23. The van der Waals surface area contributed by atoms with Crippen LogP contribution in [0, 0.1) is 0 Å². The van der Waals surface area contributed by atoms with E-state index in [1.807, 2.05) is 31.3 Å². The summed E-state index contributed by atoms with van der Waals surface area (Å²) in [5.74, 6) is -0.164. The Labute approximate surface area is 106 Å². The summed E-state index contributed by atoms with van der Waals surface area (Å²) >= 11 is 0. The van der Waals surface area contributed by atoms with Crippen LogP contribution in [-0.4, -0.2) is 20.7 Å². The number of aryl methyl sites for hydroxylation is 2. The zero-order valence-electron chi connectivity index (χ0n) is 10.3. The molecule has 1 aromatic carbocycles. The molecule has 0 radical (unpaired) electrons. The predicted octanol–water partition coefficient (Wildman–Crippen LogP) is 1.66. The van der Waals surface area contributed by atoms with Crippen molar-refractivity contribution in [1.82, 2.24) is 9.78 Å². The summed E-state index contributed by atoms with van der Waals surface area (Å²) in [5, 5.41) is 14.0. The van der Waals surface area contributed by atoms with Crippen LogP contribution in [0.5, 0.6) is 0 Å². The molecule has 1 unspecified atom stereocenters. The smallest absolute Gasteiger partial charge is 0.166 e. The number of benzene rings is 1. The van der Waals surface area contributed by atoms with Gasteiger partial charge in [-0.05, 0) is 18.1 Å². The monoisotopic (exact) mass is 244 g/mol. The van der Waals surface area contributed by atoms with E-state index in [2.05, 4.69) is 5.10 Å². The highest BCUT2D eigenvalue weighted by Gasteiger charge is 2.17. The van der Waals surface area contributed by atoms with Crippen LogP contribution in [0.4, 0.5) is 0 Å². The molecule has 0 aliphatic heterocycles. The van der Waals surface area contributed by atoms with Gasteiger partial charge in [0.15, 0.2) is 5.78 Å². The number of hydrogen-bond acceptors (Lipinski definition) is 3. The van der Waals surface area contributed by atoms with Gasteiger partial charge in [-0.25, -0.2) is 0 Å². The molecule has 1 aromatic heterocycles. The zero-order valence-corrected chi connectivity index (χ0v) is 10.3. The summed E-state index contributed by atoms with van der Waals surface area (Å²) in [7, 11) is 1.84. The molecular weight excluding hydrogens is 228 g/mol. The molecule has 0 fully saturated rings. The van der Waals surface area contributed by atoms with Crippen LogP contribution in [0.2, 0.25) is 0 Å². The fourth-order valence-electron chi connectivity index (χ4n) is 1.86. The van der Waals surface area contributed by atoms with Crippen molar-refractivity contribution >= 4 is 5.78 Å². The first-order chi connectivity index (χ1) is 8.68. The SMILES string of the molecule is Cn1nccc1CCC(=O)C(O)c1ccccc1. The van der Waals surface area contributed by atoms with E-state index >= 15 is 0 Å². The van der Waals surface area contributed by atoms with Gasteiger partial charge in [-0.3, -0.25) is 9.48 Å². The molecule has 0 aliphatic rings. The lowest BCUT2D eigenvalue weighted by Gasteiger charge is -2.09. The van der Waals surface area contributed by atoms with Crippen LogP contribution in [0.15, 0.2) is 42.6 Å². The number of nitrogens with zero attached hydrogens (tertiary/aromatic N) is 2. The van der Waals surface area contributed by atoms with E-state index in [0.717, 1.165) is 5.69 Å². The Kier molecular flexibility index (Phi) is 3.89. The Hall–Kier alpha value is -1.94. The molecule has 2 rings (SSSR count). The first-order valence-electron chi connectivity index (χ1n) is 5.91. The molecule has 0 aliphatic carbocycles. The summed E-state index contributed by atoms with van der Waals surface area (Å²) < 4.78 is 1.74. The standard InChI is InChI=1S/C14H16N2O2/c1-16-12(9-10-15-16)7-8-13(17)14(18)11-5-3-2-4-6-11/h2-6,9-10,14,18H,7-8H2,1H3. The minimum atomic E-state index is -1.03. The normalized spacial score (nSPS) is 12.3. The minimum Gasteiger partial charge on any atom is -0.381 e. The maximum Gasteiger partial charge on any atom is 0.166 e. The molecule has 18 heavy (non-hydrogen) atoms. The number of ketones is 1. The number of aliphatic hydroxyl groups excluding tert-OH is 1. The maximum atomic E-state index is 11.9. The lowest BCUT2D eigenvalue weighted by Crippen LogP contribution is -2.13. The average molecular weight is 244 g/mol.